The van der Waals surface area contributed by atoms with E-state index in [2.05, 4.69) is 0 Å². The van der Waals surface area contributed by atoms with E-state index in [0.29, 0.717) is 0 Å². The van der Waals surface area contributed by atoms with Gasteiger partial charge in [0.15, 0.2) is 0 Å². The van der Waals surface area contributed by atoms with Gasteiger partial charge in [-0.15, -0.1) is 0 Å². The summed E-state index contributed by atoms with van der Waals surface area (Å²) in [6, 6.07) is 44.5. The summed E-state index contributed by atoms with van der Waals surface area (Å²) in [5.74, 6) is 3.44. The average Bonchev–Trinajstić information content (AvgIpc) is 2.96. The monoisotopic (exact) mass is 542 g/mol. The zero-order valence-corrected chi connectivity index (χ0v) is 24.8. The molecule has 38 heavy (non-hydrogen) atoms. The van der Waals surface area contributed by atoms with E-state index in [9.17, 15) is 0 Å². The molecule has 4 aromatic carbocycles. The van der Waals surface area contributed by atoms with Crippen LogP contribution in [0, 0.1) is 0 Å². The van der Waals surface area contributed by atoms with E-state index >= 15 is 0 Å². The molecule has 6 heteroatoms. The molecular weight excluding hydrogens is 505 g/mol. The van der Waals surface area contributed by atoms with Crippen LogP contribution < -0.4 is 18.9 Å². The predicted octanol–water partition coefficient (Wildman–Crippen LogP) is 6.75. The maximum Gasteiger partial charge on any atom is 0.238 e. The van der Waals surface area contributed by atoms with Crippen molar-refractivity contribution in [2.45, 2.75) is 49.6 Å². The Morgan fingerprint density at radius 1 is 0.395 bits per heavy atom. The van der Waals surface area contributed by atoms with Gasteiger partial charge in [0.05, 0.1) is 0 Å². The van der Waals surface area contributed by atoms with E-state index in [4.69, 9.17) is 18.9 Å². The highest BCUT2D eigenvalue weighted by Crippen LogP contribution is 2.20. The predicted molar refractivity (Wildman–Crippen MR) is 161 cm³/mol. The van der Waals surface area contributed by atoms with Gasteiger partial charge >= 0.3 is 0 Å². The van der Waals surface area contributed by atoms with Gasteiger partial charge in [0.25, 0.3) is 0 Å². The normalized spacial score (nSPS) is 11.5. The SMILES string of the molecule is c1ccc(OC(C[SiH2]CCCC[SiH2]CC(Oc2ccccc2)Oc2ccccc2)Oc2ccccc2)cc1. The van der Waals surface area contributed by atoms with Gasteiger partial charge in [-0.2, -0.15) is 0 Å². The molecule has 0 unspecified atom stereocenters. The lowest BCUT2D eigenvalue weighted by atomic mass is 10.3. The van der Waals surface area contributed by atoms with Crippen molar-refractivity contribution >= 4 is 19.0 Å². The van der Waals surface area contributed by atoms with E-state index in [0.717, 1.165) is 35.1 Å². The molecule has 0 aliphatic heterocycles. The molecule has 0 radical (unpaired) electrons. The smallest absolute Gasteiger partial charge is 0.238 e. The molecule has 4 aromatic rings. The highest BCUT2D eigenvalue weighted by Gasteiger charge is 2.14. The Bertz CT molecular complexity index is 955. The van der Waals surface area contributed by atoms with Gasteiger partial charge in [-0.3, -0.25) is 0 Å². The van der Waals surface area contributed by atoms with Crippen molar-refractivity contribution in [1.82, 2.24) is 0 Å². The first kappa shape index (κ1) is 27.5. The van der Waals surface area contributed by atoms with E-state index in [1.807, 2.05) is 121 Å². The fraction of sp³-hybridized carbons (Fsp3) is 0.250. The first-order valence-corrected chi connectivity index (χ1v) is 17.7. The maximum absolute atomic E-state index is 6.18. The van der Waals surface area contributed by atoms with Crippen LogP contribution in [0.4, 0.5) is 0 Å². The second kappa shape index (κ2) is 16.4. The second-order valence-electron chi connectivity index (χ2n) is 9.28. The van der Waals surface area contributed by atoms with Crippen LogP contribution >= 0.6 is 0 Å². The van der Waals surface area contributed by atoms with Gasteiger partial charge < -0.3 is 18.9 Å². The van der Waals surface area contributed by atoms with E-state index in [1.165, 1.54) is 24.9 Å². The van der Waals surface area contributed by atoms with Crippen LogP contribution in [0.1, 0.15) is 12.8 Å². The van der Waals surface area contributed by atoms with Gasteiger partial charge in [-0.05, 0) is 48.5 Å². The van der Waals surface area contributed by atoms with Crippen LogP contribution in [-0.2, 0) is 0 Å². The Kier molecular flexibility index (Phi) is 11.9. The lowest BCUT2D eigenvalue weighted by molar-refractivity contribution is 0.0219. The van der Waals surface area contributed by atoms with Crippen LogP contribution in [-0.4, -0.2) is 31.6 Å². The Hall–Kier alpha value is -3.49. The number of para-hydroxylation sites is 4. The zero-order chi connectivity index (χ0) is 26.1. The molecule has 0 saturated heterocycles. The highest BCUT2D eigenvalue weighted by atomic mass is 28.2. The molecule has 0 spiro atoms. The number of ether oxygens (including phenoxy) is 4. The summed E-state index contributed by atoms with van der Waals surface area (Å²) in [4.78, 5) is 0. The van der Waals surface area contributed by atoms with E-state index in [1.54, 1.807) is 0 Å². The molecule has 198 valence electrons. The molecule has 0 bridgehead atoms. The van der Waals surface area contributed by atoms with Gasteiger partial charge in [-0.25, -0.2) is 0 Å². The molecule has 0 amide bonds. The Morgan fingerprint density at radius 2 is 0.658 bits per heavy atom. The van der Waals surface area contributed by atoms with Crippen molar-refractivity contribution < 1.29 is 18.9 Å². The average molecular weight is 543 g/mol. The van der Waals surface area contributed by atoms with Crippen molar-refractivity contribution in [2.75, 3.05) is 0 Å². The molecule has 4 rings (SSSR count). The molecule has 0 saturated carbocycles. The van der Waals surface area contributed by atoms with Gasteiger partial charge in [0, 0.05) is 31.1 Å². The third-order valence-electron chi connectivity index (χ3n) is 6.17. The summed E-state index contributed by atoms with van der Waals surface area (Å²) in [6.07, 6.45) is 2.11. The standard InChI is InChI=1S/C32H38O4Si2/c1-5-15-27(16-6-1)33-31(34-28-17-7-2-8-18-28)25-37-23-13-14-24-38-26-32(35-29-19-9-3-10-20-29)36-30-21-11-4-12-22-30/h1-12,15-22,31-32H,13-14,23-26,37-38H2. The minimum atomic E-state index is -0.281. The van der Waals surface area contributed by atoms with Crippen molar-refractivity contribution in [3.05, 3.63) is 121 Å². The number of unbranched alkanes of at least 4 members (excludes halogenated alkanes) is 1. The number of rotatable bonds is 17. The van der Waals surface area contributed by atoms with Crippen molar-refractivity contribution in [1.29, 1.82) is 0 Å². The fourth-order valence-electron chi connectivity index (χ4n) is 4.22. The van der Waals surface area contributed by atoms with Crippen LogP contribution in [0.5, 0.6) is 23.0 Å². The quantitative estimate of drug-likeness (QED) is 0.0841. The number of hydrogen-bond donors (Lipinski definition) is 0. The molecule has 0 N–H and O–H groups in total. The summed E-state index contributed by atoms with van der Waals surface area (Å²) in [6.45, 7) is 0. The molecule has 0 fully saturated rings. The van der Waals surface area contributed by atoms with Crippen LogP contribution in [0.15, 0.2) is 121 Å². The Balaban J connectivity index is 1.16. The Labute approximate surface area is 231 Å². The zero-order valence-electron chi connectivity index (χ0n) is 22.0. The van der Waals surface area contributed by atoms with Gasteiger partial charge in [0.2, 0.25) is 12.6 Å². The lowest BCUT2D eigenvalue weighted by Gasteiger charge is -2.21. The topological polar surface area (TPSA) is 36.9 Å². The molecule has 4 nitrogen and oxygen atoms in total. The summed E-state index contributed by atoms with van der Waals surface area (Å²) in [5, 5.41) is 0. The van der Waals surface area contributed by atoms with Crippen molar-refractivity contribution in [3.63, 3.8) is 0 Å². The molecule has 0 aliphatic carbocycles. The van der Waals surface area contributed by atoms with Gasteiger partial charge in [-0.1, -0.05) is 97.7 Å². The minimum Gasteiger partial charge on any atom is -0.455 e. The minimum absolute atomic E-state index is 0.230. The summed E-state index contributed by atoms with van der Waals surface area (Å²) in [5.41, 5.74) is 0. The fourth-order valence-corrected chi connectivity index (χ4v) is 7.35. The third-order valence-corrected chi connectivity index (χ3v) is 9.93. The summed E-state index contributed by atoms with van der Waals surface area (Å²) < 4.78 is 24.7. The van der Waals surface area contributed by atoms with Crippen molar-refractivity contribution in [3.8, 4) is 23.0 Å². The highest BCUT2D eigenvalue weighted by molar-refractivity contribution is 6.36. The molecule has 0 aromatic heterocycles. The van der Waals surface area contributed by atoms with E-state index in [-0.39, 0.29) is 31.6 Å². The van der Waals surface area contributed by atoms with Crippen LogP contribution in [0.25, 0.3) is 0 Å². The summed E-state index contributed by atoms with van der Waals surface area (Å²) >= 11 is 0. The molecule has 0 heterocycles. The Morgan fingerprint density at radius 3 is 0.921 bits per heavy atom. The van der Waals surface area contributed by atoms with Crippen LogP contribution in [0.2, 0.25) is 24.2 Å². The third kappa shape index (κ3) is 10.5. The van der Waals surface area contributed by atoms with Crippen LogP contribution in [0.3, 0.4) is 0 Å². The number of hydrogen-bond acceptors (Lipinski definition) is 4. The van der Waals surface area contributed by atoms with Gasteiger partial charge in [0.1, 0.15) is 23.0 Å². The summed E-state index contributed by atoms with van der Waals surface area (Å²) in [7, 11) is -0.561. The van der Waals surface area contributed by atoms with E-state index < -0.39 is 0 Å². The largest absolute Gasteiger partial charge is 0.455 e. The molecular formula is C32H38O4Si2. The first-order chi connectivity index (χ1) is 18.8. The second-order valence-corrected chi connectivity index (χ2v) is 13.3. The molecule has 0 aliphatic rings. The first-order valence-electron chi connectivity index (χ1n) is 13.7. The number of benzene rings is 4. The lowest BCUT2D eigenvalue weighted by Crippen LogP contribution is -2.25. The maximum atomic E-state index is 6.18. The van der Waals surface area contributed by atoms with Crippen molar-refractivity contribution in [2.24, 2.45) is 0 Å². The molecule has 0 atom stereocenters.